The number of carbonyl (C=O) groups is 2. The molecule has 1 aromatic carbocycles. The topological polar surface area (TPSA) is 62.6 Å². The Morgan fingerprint density at radius 1 is 0.963 bits per heavy atom. The molecule has 0 aliphatic heterocycles. The van der Waals surface area contributed by atoms with Crippen LogP contribution in [0.4, 0.5) is 5.69 Å². The molecule has 0 spiro atoms. The van der Waals surface area contributed by atoms with Gasteiger partial charge in [-0.25, -0.2) is 0 Å². The van der Waals surface area contributed by atoms with Gasteiger partial charge in [-0.2, -0.15) is 0 Å². The Bertz CT molecular complexity index is 840. The Balaban J connectivity index is 1.65. The van der Waals surface area contributed by atoms with Gasteiger partial charge in [0.2, 0.25) is 0 Å². The molecule has 5 nitrogen and oxygen atoms in total. The second-order valence-electron chi connectivity index (χ2n) is 6.15. The standard InChI is InChI=1S/C20H21N3O2S2/c1-21-20(25)15-5-2-6-16(11-15)22-19(24)14-23(12-17-7-3-9-26-17)13-18-8-4-10-27-18/h2-11H,12-14H2,1H3,(H,21,25)(H,22,24)/p+1. The van der Waals surface area contributed by atoms with E-state index in [0.717, 1.165) is 13.1 Å². The predicted octanol–water partition coefficient (Wildman–Crippen LogP) is 2.39. The van der Waals surface area contributed by atoms with Crippen molar-refractivity contribution in [2.45, 2.75) is 13.1 Å². The Hall–Kier alpha value is -2.48. The fourth-order valence-corrected chi connectivity index (χ4v) is 4.37. The molecule has 2 amide bonds. The maximum atomic E-state index is 12.6. The molecule has 3 N–H and O–H groups in total. The van der Waals surface area contributed by atoms with Crippen LogP contribution < -0.4 is 15.5 Å². The van der Waals surface area contributed by atoms with E-state index in [1.54, 1.807) is 54.0 Å². The summed E-state index contributed by atoms with van der Waals surface area (Å²) in [7, 11) is 1.59. The van der Waals surface area contributed by atoms with Gasteiger partial charge in [0.1, 0.15) is 13.1 Å². The van der Waals surface area contributed by atoms with Crippen LogP contribution in [0.15, 0.2) is 59.3 Å². The van der Waals surface area contributed by atoms with Crippen LogP contribution in [-0.2, 0) is 17.9 Å². The summed E-state index contributed by atoms with van der Waals surface area (Å²) in [6, 6.07) is 15.2. The highest BCUT2D eigenvalue weighted by Crippen LogP contribution is 2.11. The minimum absolute atomic E-state index is 0.0628. The summed E-state index contributed by atoms with van der Waals surface area (Å²) in [5.74, 6) is -0.235. The predicted molar refractivity (Wildman–Crippen MR) is 110 cm³/mol. The zero-order chi connectivity index (χ0) is 19.1. The number of hydrogen-bond acceptors (Lipinski definition) is 4. The van der Waals surface area contributed by atoms with Crippen LogP contribution in [0.25, 0.3) is 0 Å². The number of rotatable bonds is 8. The number of hydrogen-bond donors (Lipinski definition) is 3. The summed E-state index contributed by atoms with van der Waals surface area (Å²) in [4.78, 5) is 28.1. The fourth-order valence-electron chi connectivity index (χ4n) is 2.82. The zero-order valence-electron chi connectivity index (χ0n) is 15.0. The van der Waals surface area contributed by atoms with Gasteiger partial charge in [-0.1, -0.05) is 18.2 Å². The number of quaternary nitrogens is 1. The Morgan fingerprint density at radius 3 is 2.19 bits per heavy atom. The first kappa shape index (κ1) is 19.3. The number of amides is 2. The smallest absolute Gasteiger partial charge is 0.279 e. The van der Waals surface area contributed by atoms with Crippen molar-refractivity contribution in [2.75, 3.05) is 18.9 Å². The molecule has 0 fully saturated rings. The van der Waals surface area contributed by atoms with Crippen molar-refractivity contribution in [3.05, 3.63) is 74.6 Å². The third kappa shape index (κ3) is 5.75. The number of thiophene rings is 2. The van der Waals surface area contributed by atoms with Crippen molar-refractivity contribution in [3.8, 4) is 0 Å². The van der Waals surface area contributed by atoms with Gasteiger partial charge in [0.25, 0.3) is 11.8 Å². The average molecular weight is 401 g/mol. The second kappa shape index (κ2) is 9.45. The van der Waals surface area contributed by atoms with Gasteiger partial charge in [0.05, 0.1) is 9.75 Å². The Kier molecular flexibility index (Phi) is 6.75. The summed E-state index contributed by atoms with van der Waals surface area (Å²) < 4.78 is 0. The van der Waals surface area contributed by atoms with Gasteiger partial charge >= 0.3 is 0 Å². The van der Waals surface area contributed by atoms with E-state index < -0.39 is 0 Å². The van der Waals surface area contributed by atoms with Crippen LogP contribution in [0.2, 0.25) is 0 Å². The van der Waals surface area contributed by atoms with Gasteiger partial charge in [0.15, 0.2) is 6.54 Å². The first-order valence-electron chi connectivity index (χ1n) is 8.64. The van der Waals surface area contributed by atoms with E-state index in [0.29, 0.717) is 17.8 Å². The van der Waals surface area contributed by atoms with Crippen molar-refractivity contribution in [1.29, 1.82) is 0 Å². The lowest BCUT2D eigenvalue weighted by Gasteiger charge is -2.18. The quantitative estimate of drug-likeness (QED) is 0.544. The van der Waals surface area contributed by atoms with Gasteiger partial charge in [0, 0.05) is 18.3 Å². The maximum absolute atomic E-state index is 12.6. The summed E-state index contributed by atoms with van der Waals surface area (Å²) in [5, 5.41) is 9.62. The summed E-state index contributed by atoms with van der Waals surface area (Å²) >= 11 is 3.42. The molecule has 0 saturated carbocycles. The number of nitrogens with one attached hydrogen (secondary N) is 3. The van der Waals surface area contributed by atoms with Gasteiger partial charge in [-0.05, 0) is 41.1 Å². The first-order valence-corrected chi connectivity index (χ1v) is 10.4. The largest absolute Gasteiger partial charge is 0.355 e. The van der Waals surface area contributed by atoms with Crippen LogP contribution >= 0.6 is 22.7 Å². The van der Waals surface area contributed by atoms with E-state index in [-0.39, 0.29) is 11.8 Å². The van der Waals surface area contributed by atoms with Crippen LogP contribution in [0.5, 0.6) is 0 Å². The molecule has 0 unspecified atom stereocenters. The minimum Gasteiger partial charge on any atom is -0.355 e. The van der Waals surface area contributed by atoms with Crippen molar-refractivity contribution >= 4 is 40.2 Å². The number of benzene rings is 1. The minimum atomic E-state index is -0.172. The molecule has 7 heteroatoms. The Morgan fingerprint density at radius 2 is 1.63 bits per heavy atom. The molecule has 140 valence electrons. The van der Waals surface area contributed by atoms with E-state index in [1.807, 2.05) is 12.1 Å². The fraction of sp³-hybridized carbons (Fsp3) is 0.200. The highest BCUT2D eigenvalue weighted by atomic mass is 32.1. The van der Waals surface area contributed by atoms with E-state index in [1.165, 1.54) is 14.7 Å². The lowest BCUT2D eigenvalue weighted by atomic mass is 10.2. The zero-order valence-corrected chi connectivity index (χ0v) is 16.7. The molecule has 0 atom stereocenters. The number of carbonyl (C=O) groups excluding carboxylic acids is 2. The molecule has 3 rings (SSSR count). The Labute approximate surface area is 166 Å². The van der Waals surface area contributed by atoms with Crippen LogP contribution in [-0.4, -0.2) is 25.4 Å². The normalized spacial score (nSPS) is 10.7. The lowest BCUT2D eigenvalue weighted by molar-refractivity contribution is -0.918. The number of anilines is 1. The van der Waals surface area contributed by atoms with Gasteiger partial charge < -0.3 is 15.5 Å². The lowest BCUT2D eigenvalue weighted by Crippen LogP contribution is -3.10. The molecule has 0 aliphatic carbocycles. The molecule has 3 aromatic rings. The SMILES string of the molecule is CNC(=O)c1cccc(NC(=O)C[NH+](Cc2cccs2)Cc2cccs2)c1. The molecule has 27 heavy (non-hydrogen) atoms. The summed E-state index contributed by atoms with van der Waals surface area (Å²) in [6.07, 6.45) is 0. The van der Waals surface area contributed by atoms with Crippen molar-refractivity contribution in [2.24, 2.45) is 0 Å². The molecule has 2 aromatic heterocycles. The van der Waals surface area contributed by atoms with Crippen molar-refractivity contribution < 1.29 is 14.5 Å². The third-order valence-electron chi connectivity index (χ3n) is 4.05. The second-order valence-corrected chi connectivity index (χ2v) is 8.21. The van der Waals surface area contributed by atoms with Crippen LogP contribution in [0.3, 0.4) is 0 Å². The van der Waals surface area contributed by atoms with E-state index in [2.05, 4.69) is 33.5 Å². The van der Waals surface area contributed by atoms with Crippen molar-refractivity contribution in [1.82, 2.24) is 5.32 Å². The van der Waals surface area contributed by atoms with Crippen LogP contribution in [0, 0.1) is 0 Å². The van der Waals surface area contributed by atoms with E-state index in [9.17, 15) is 9.59 Å². The highest BCUT2D eigenvalue weighted by molar-refractivity contribution is 7.10. The summed E-state index contributed by atoms with van der Waals surface area (Å²) in [5.41, 5.74) is 1.16. The highest BCUT2D eigenvalue weighted by Gasteiger charge is 2.17. The summed E-state index contributed by atoms with van der Waals surface area (Å²) in [6.45, 7) is 1.97. The molecule has 0 bridgehead atoms. The van der Waals surface area contributed by atoms with Crippen LogP contribution in [0.1, 0.15) is 20.1 Å². The van der Waals surface area contributed by atoms with E-state index >= 15 is 0 Å². The third-order valence-corrected chi connectivity index (χ3v) is 5.81. The monoisotopic (exact) mass is 400 g/mol. The molecule has 2 heterocycles. The first-order chi connectivity index (χ1) is 13.1. The molecule has 0 aliphatic rings. The van der Waals surface area contributed by atoms with Crippen molar-refractivity contribution in [3.63, 3.8) is 0 Å². The average Bonchev–Trinajstić information content (AvgIpc) is 3.35. The molecular formula is C20H22N3O2S2+. The maximum Gasteiger partial charge on any atom is 0.279 e. The molecule has 0 radical (unpaired) electrons. The molecular weight excluding hydrogens is 378 g/mol. The van der Waals surface area contributed by atoms with E-state index in [4.69, 9.17) is 0 Å². The van der Waals surface area contributed by atoms with Gasteiger partial charge in [-0.3, -0.25) is 9.59 Å². The molecule has 0 saturated heterocycles. The van der Waals surface area contributed by atoms with Gasteiger partial charge in [-0.15, -0.1) is 22.7 Å².